The van der Waals surface area contributed by atoms with E-state index in [2.05, 4.69) is 14.8 Å². The number of nitrogens with one attached hydrogen (secondary N) is 1. The average Bonchev–Trinajstić information content (AvgIpc) is 2.93. The Balaban J connectivity index is 0.000000704. The van der Waals surface area contributed by atoms with Crippen molar-refractivity contribution >= 4 is 53.5 Å². The van der Waals surface area contributed by atoms with Gasteiger partial charge < -0.3 is 9.72 Å². The molecule has 3 rings (SSSR count). The number of aromatic amines is 1. The maximum Gasteiger partial charge on any atom is 0.146 e. The lowest BCUT2D eigenvalue weighted by Crippen LogP contribution is -1.86. The largest absolute Gasteiger partial charge is 0.455 e. The van der Waals surface area contributed by atoms with Gasteiger partial charge in [-0.15, -0.1) is 9.80 Å². The maximum atomic E-state index is 6.17. The number of thiol groups is 1. The third kappa shape index (κ3) is 3.42. The van der Waals surface area contributed by atoms with Crippen LogP contribution in [0.15, 0.2) is 48.7 Å². The van der Waals surface area contributed by atoms with Crippen LogP contribution < -0.4 is 4.74 Å². The fourth-order valence-corrected chi connectivity index (χ4v) is 2.23. The molecule has 0 saturated heterocycles. The third-order valence-electron chi connectivity index (χ3n) is 2.86. The first kappa shape index (κ1) is 15.5. The number of aromatic nitrogens is 1. The Morgan fingerprint density at radius 1 is 1.10 bits per heavy atom. The summed E-state index contributed by atoms with van der Waals surface area (Å²) in [5.41, 5.74) is 2.17. The van der Waals surface area contributed by atoms with Gasteiger partial charge in [-0.05, 0) is 64.0 Å². The molecule has 0 aliphatic heterocycles. The number of benzene rings is 2. The highest BCUT2D eigenvalue weighted by atomic mass is 127. The molecule has 0 saturated carbocycles. The molecule has 5 heteroatoms. The Kier molecular flexibility index (Phi) is 5.63. The molecule has 3 aromatic rings. The van der Waals surface area contributed by atoms with Gasteiger partial charge in [0.25, 0.3) is 0 Å². The fraction of sp³-hybridized carbons (Fsp3) is 0.0667. The van der Waals surface area contributed by atoms with E-state index < -0.39 is 0 Å². The van der Waals surface area contributed by atoms with Gasteiger partial charge in [0, 0.05) is 17.1 Å². The van der Waals surface area contributed by atoms with E-state index in [9.17, 15) is 0 Å². The van der Waals surface area contributed by atoms with Crippen molar-refractivity contribution < 1.29 is 4.74 Å². The molecule has 0 bridgehead atoms. The van der Waals surface area contributed by atoms with Crippen LogP contribution in [0.2, 0.25) is 5.02 Å². The molecule has 1 heterocycles. The van der Waals surface area contributed by atoms with Gasteiger partial charge in [0.1, 0.15) is 11.5 Å². The highest BCUT2D eigenvalue weighted by Gasteiger charge is 2.06. The highest BCUT2D eigenvalue weighted by molar-refractivity contribution is 14.2. The zero-order chi connectivity index (χ0) is 14.5. The predicted molar refractivity (Wildman–Crippen MR) is 97.6 cm³/mol. The first-order valence-electron chi connectivity index (χ1n) is 5.91. The van der Waals surface area contributed by atoms with Crippen LogP contribution >= 0.6 is 42.6 Å². The van der Waals surface area contributed by atoms with Gasteiger partial charge in [0.05, 0.1) is 5.02 Å². The summed E-state index contributed by atoms with van der Waals surface area (Å²) in [5, 5.41) is 1.68. The quantitative estimate of drug-likeness (QED) is 0.377. The lowest BCUT2D eigenvalue weighted by atomic mass is 10.2. The Labute approximate surface area is 140 Å². The molecule has 20 heavy (non-hydrogen) atoms. The molecular weight excluding hydrogens is 405 g/mol. The van der Waals surface area contributed by atoms with Crippen LogP contribution in [0.1, 0.15) is 5.56 Å². The molecule has 0 spiro atoms. The normalized spacial score (nSPS) is 10.0. The van der Waals surface area contributed by atoms with Crippen molar-refractivity contribution in [2.75, 3.05) is 0 Å². The van der Waals surface area contributed by atoms with E-state index in [0.717, 1.165) is 22.2 Å². The summed E-state index contributed by atoms with van der Waals surface area (Å²) in [6, 6.07) is 13.7. The lowest BCUT2D eigenvalue weighted by molar-refractivity contribution is 0.488. The SMILES string of the molecule is Cc1ccc(Oc2cccc3[nH]ccc23)c(Cl)c1.SI. The summed E-state index contributed by atoms with van der Waals surface area (Å²) in [5.74, 6) is 1.48. The van der Waals surface area contributed by atoms with Gasteiger partial charge >= 0.3 is 0 Å². The molecule has 0 atom stereocenters. The van der Waals surface area contributed by atoms with Gasteiger partial charge in [-0.2, -0.15) is 0 Å². The van der Waals surface area contributed by atoms with E-state index >= 15 is 0 Å². The van der Waals surface area contributed by atoms with Crippen molar-refractivity contribution in [3.8, 4) is 11.5 Å². The number of H-pyrrole nitrogens is 1. The van der Waals surface area contributed by atoms with Gasteiger partial charge in [-0.1, -0.05) is 23.7 Å². The van der Waals surface area contributed by atoms with Crippen molar-refractivity contribution in [1.82, 2.24) is 4.98 Å². The third-order valence-corrected chi connectivity index (χ3v) is 3.16. The number of fused-ring (bicyclic) bond motifs is 1. The summed E-state index contributed by atoms with van der Waals surface area (Å²) in [6.45, 7) is 2.00. The van der Waals surface area contributed by atoms with Crippen LogP contribution in [0.25, 0.3) is 10.9 Å². The molecule has 0 aliphatic carbocycles. The Morgan fingerprint density at radius 3 is 2.65 bits per heavy atom. The molecule has 2 nitrogen and oxygen atoms in total. The van der Waals surface area contributed by atoms with Gasteiger partial charge in [0.2, 0.25) is 0 Å². The number of ether oxygens (including phenoxy) is 1. The van der Waals surface area contributed by atoms with Crippen LogP contribution in [0.4, 0.5) is 0 Å². The van der Waals surface area contributed by atoms with E-state index in [1.807, 2.05) is 76.8 Å². The summed E-state index contributed by atoms with van der Waals surface area (Å²) >= 11 is 8.02. The minimum Gasteiger partial charge on any atom is -0.455 e. The smallest absolute Gasteiger partial charge is 0.146 e. The van der Waals surface area contributed by atoms with Crippen LogP contribution in [-0.2, 0) is 0 Å². The average molecular weight is 418 g/mol. The number of halogens is 2. The molecule has 0 unspecified atom stereocenters. The van der Waals surface area contributed by atoms with Crippen LogP contribution in [0.3, 0.4) is 0 Å². The van der Waals surface area contributed by atoms with Gasteiger partial charge in [-0.25, -0.2) is 0 Å². The standard InChI is InChI=1S/C15H12ClNO.HIS/c1-10-5-6-15(12(16)9-10)18-14-4-2-3-13-11(14)7-8-17-13;1-2/h2-9,17H,1H3;2H. The van der Waals surface area contributed by atoms with Crippen molar-refractivity contribution in [2.45, 2.75) is 6.92 Å². The molecule has 0 aliphatic rings. The molecule has 2 aromatic carbocycles. The van der Waals surface area contributed by atoms with E-state index in [4.69, 9.17) is 16.3 Å². The molecule has 1 aromatic heterocycles. The highest BCUT2D eigenvalue weighted by Crippen LogP contribution is 2.33. The summed E-state index contributed by atoms with van der Waals surface area (Å²) in [4.78, 5) is 3.16. The van der Waals surface area contributed by atoms with Crippen molar-refractivity contribution in [2.24, 2.45) is 0 Å². The van der Waals surface area contributed by atoms with Gasteiger partial charge in [-0.3, -0.25) is 0 Å². The van der Waals surface area contributed by atoms with Crippen LogP contribution in [-0.4, -0.2) is 4.98 Å². The topological polar surface area (TPSA) is 25.0 Å². The minimum absolute atomic E-state index is 0.627. The number of rotatable bonds is 2. The minimum atomic E-state index is 0.627. The Morgan fingerprint density at radius 2 is 1.90 bits per heavy atom. The predicted octanol–water partition coefficient (Wildman–Crippen LogP) is 6.19. The Bertz CT molecular complexity index is 714. The number of aryl methyl sites for hydroxylation is 1. The first-order chi connectivity index (χ1) is 9.74. The van der Waals surface area contributed by atoms with Crippen molar-refractivity contribution in [3.05, 3.63) is 59.2 Å². The second-order valence-electron chi connectivity index (χ2n) is 4.23. The number of hydrogen-bond acceptors (Lipinski definition) is 2. The second-order valence-corrected chi connectivity index (χ2v) is 4.64. The number of hydrogen-bond donors (Lipinski definition) is 2. The summed E-state index contributed by atoms with van der Waals surface area (Å²) in [7, 11) is 3.50. The van der Waals surface area contributed by atoms with E-state index in [1.54, 1.807) is 0 Å². The van der Waals surface area contributed by atoms with Crippen molar-refractivity contribution in [1.29, 1.82) is 0 Å². The zero-order valence-corrected chi connectivity index (χ0v) is 14.5. The maximum absolute atomic E-state index is 6.17. The van der Waals surface area contributed by atoms with E-state index in [1.165, 1.54) is 0 Å². The van der Waals surface area contributed by atoms with E-state index in [0.29, 0.717) is 10.8 Å². The Hall–Kier alpha value is -0.850. The second kappa shape index (κ2) is 7.24. The van der Waals surface area contributed by atoms with Crippen LogP contribution in [0.5, 0.6) is 11.5 Å². The molecule has 0 amide bonds. The van der Waals surface area contributed by atoms with Gasteiger partial charge in [0.15, 0.2) is 0 Å². The van der Waals surface area contributed by atoms with Crippen molar-refractivity contribution in [3.63, 3.8) is 0 Å². The zero-order valence-electron chi connectivity index (χ0n) is 10.7. The molecule has 0 radical (unpaired) electrons. The van der Waals surface area contributed by atoms with Crippen LogP contribution in [0, 0.1) is 6.92 Å². The summed E-state index contributed by atoms with van der Waals surface area (Å²) in [6.07, 6.45) is 1.90. The van der Waals surface area contributed by atoms with E-state index in [-0.39, 0.29) is 0 Å². The lowest BCUT2D eigenvalue weighted by Gasteiger charge is -2.09. The monoisotopic (exact) mass is 417 g/mol. The molecule has 0 fully saturated rings. The fourth-order valence-electron chi connectivity index (χ4n) is 1.95. The first-order valence-corrected chi connectivity index (χ1v) is 9.52. The molecule has 104 valence electrons. The molecule has 1 N–H and O–H groups in total. The molecular formula is C15H13ClINOS. The summed E-state index contributed by atoms with van der Waals surface area (Å²) < 4.78 is 5.88.